The fourth-order valence-corrected chi connectivity index (χ4v) is 1.86. The predicted octanol–water partition coefficient (Wildman–Crippen LogP) is 3.31. The maximum absolute atomic E-state index is 13.6. The van der Waals surface area contributed by atoms with Gasteiger partial charge < -0.3 is 5.32 Å². The van der Waals surface area contributed by atoms with E-state index in [0.717, 1.165) is 23.2 Å². The maximum Gasteiger partial charge on any atom is 0.127 e. The molecule has 0 aliphatic rings. The molecule has 1 N–H and O–H groups in total. The van der Waals surface area contributed by atoms with Crippen molar-refractivity contribution in [1.82, 2.24) is 10.3 Å². The molecule has 0 bridgehead atoms. The van der Waals surface area contributed by atoms with Crippen LogP contribution in [0.25, 0.3) is 11.1 Å². The molecule has 0 aliphatic heterocycles. The van der Waals surface area contributed by atoms with Crippen LogP contribution in [-0.4, -0.2) is 11.5 Å². The molecule has 0 atom stereocenters. The second-order valence-electron chi connectivity index (χ2n) is 4.34. The summed E-state index contributed by atoms with van der Waals surface area (Å²) in [6.45, 7) is 5.39. The molecule has 1 heterocycles. The van der Waals surface area contributed by atoms with Crippen molar-refractivity contribution in [1.29, 1.82) is 0 Å². The van der Waals surface area contributed by atoms with Crippen LogP contribution in [0.2, 0.25) is 0 Å². The van der Waals surface area contributed by atoms with Crippen molar-refractivity contribution in [3.8, 4) is 11.1 Å². The SMILES string of the molecule is CCNCc1cc(-c2cncc(C)c2)ccc1F. The van der Waals surface area contributed by atoms with Gasteiger partial charge in [-0.2, -0.15) is 0 Å². The molecule has 0 amide bonds. The van der Waals surface area contributed by atoms with Crippen LogP contribution in [0.4, 0.5) is 4.39 Å². The molecule has 2 nitrogen and oxygen atoms in total. The Morgan fingerprint density at radius 3 is 2.72 bits per heavy atom. The van der Waals surface area contributed by atoms with Gasteiger partial charge in [0.1, 0.15) is 5.82 Å². The maximum atomic E-state index is 13.6. The number of nitrogens with one attached hydrogen (secondary N) is 1. The fraction of sp³-hybridized carbons (Fsp3) is 0.267. The number of pyridine rings is 1. The van der Waals surface area contributed by atoms with Gasteiger partial charge in [-0.1, -0.05) is 13.0 Å². The van der Waals surface area contributed by atoms with E-state index in [2.05, 4.69) is 16.4 Å². The van der Waals surface area contributed by atoms with E-state index in [1.807, 2.05) is 26.1 Å². The zero-order valence-corrected chi connectivity index (χ0v) is 10.7. The van der Waals surface area contributed by atoms with Crippen LogP contribution in [-0.2, 0) is 6.54 Å². The van der Waals surface area contributed by atoms with E-state index >= 15 is 0 Å². The highest BCUT2D eigenvalue weighted by Gasteiger charge is 2.05. The zero-order valence-electron chi connectivity index (χ0n) is 10.7. The molecule has 18 heavy (non-hydrogen) atoms. The van der Waals surface area contributed by atoms with Gasteiger partial charge in [-0.3, -0.25) is 4.98 Å². The third-order valence-corrected chi connectivity index (χ3v) is 2.82. The van der Waals surface area contributed by atoms with E-state index in [0.29, 0.717) is 12.1 Å². The Morgan fingerprint density at radius 1 is 1.17 bits per heavy atom. The first kappa shape index (κ1) is 12.7. The summed E-state index contributed by atoms with van der Waals surface area (Å²) in [4.78, 5) is 4.17. The van der Waals surface area contributed by atoms with Crippen LogP contribution in [0.15, 0.2) is 36.7 Å². The number of benzene rings is 1. The summed E-state index contributed by atoms with van der Waals surface area (Å²) in [6.07, 6.45) is 3.61. The van der Waals surface area contributed by atoms with Gasteiger partial charge in [0.2, 0.25) is 0 Å². The van der Waals surface area contributed by atoms with Gasteiger partial charge in [-0.25, -0.2) is 4.39 Å². The highest BCUT2D eigenvalue weighted by molar-refractivity contribution is 5.63. The number of aromatic nitrogens is 1. The predicted molar refractivity (Wildman–Crippen MR) is 71.7 cm³/mol. The lowest BCUT2D eigenvalue weighted by atomic mass is 10.0. The minimum Gasteiger partial charge on any atom is -0.313 e. The Bertz CT molecular complexity index is 538. The minimum atomic E-state index is -0.166. The molecule has 1 aromatic heterocycles. The van der Waals surface area contributed by atoms with Crippen LogP contribution < -0.4 is 5.32 Å². The molecule has 0 saturated carbocycles. The average molecular weight is 244 g/mol. The second-order valence-corrected chi connectivity index (χ2v) is 4.34. The number of hydrogen-bond acceptors (Lipinski definition) is 2. The lowest BCUT2D eigenvalue weighted by molar-refractivity contribution is 0.593. The number of halogens is 1. The van der Waals surface area contributed by atoms with Crippen LogP contribution in [0.1, 0.15) is 18.1 Å². The molecular weight excluding hydrogens is 227 g/mol. The van der Waals surface area contributed by atoms with E-state index in [-0.39, 0.29) is 5.82 Å². The molecule has 3 heteroatoms. The fourth-order valence-electron chi connectivity index (χ4n) is 1.86. The number of hydrogen-bond donors (Lipinski definition) is 1. The van der Waals surface area contributed by atoms with Gasteiger partial charge in [-0.05, 0) is 42.8 Å². The number of aryl methyl sites for hydroxylation is 1. The van der Waals surface area contributed by atoms with Crippen molar-refractivity contribution in [2.75, 3.05) is 6.54 Å². The van der Waals surface area contributed by atoms with Gasteiger partial charge in [0.05, 0.1) is 0 Å². The molecule has 94 valence electrons. The van der Waals surface area contributed by atoms with Crippen molar-refractivity contribution < 1.29 is 4.39 Å². The quantitative estimate of drug-likeness (QED) is 0.892. The molecular formula is C15H17FN2. The first-order valence-corrected chi connectivity index (χ1v) is 6.12. The summed E-state index contributed by atoms with van der Waals surface area (Å²) in [5.41, 5.74) is 3.81. The van der Waals surface area contributed by atoms with Gasteiger partial charge in [0.15, 0.2) is 0 Å². The molecule has 0 spiro atoms. The van der Waals surface area contributed by atoms with E-state index < -0.39 is 0 Å². The molecule has 1 aromatic carbocycles. The van der Waals surface area contributed by atoms with Crippen LogP contribution in [0.5, 0.6) is 0 Å². The van der Waals surface area contributed by atoms with Crippen molar-refractivity contribution in [2.45, 2.75) is 20.4 Å². The third kappa shape index (κ3) is 2.93. The molecule has 0 unspecified atom stereocenters. The molecule has 0 fully saturated rings. The topological polar surface area (TPSA) is 24.9 Å². The molecule has 2 aromatic rings. The lowest BCUT2D eigenvalue weighted by Crippen LogP contribution is -2.12. The number of nitrogens with zero attached hydrogens (tertiary/aromatic N) is 1. The van der Waals surface area contributed by atoms with Crippen LogP contribution in [0.3, 0.4) is 0 Å². The van der Waals surface area contributed by atoms with E-state index in [1.54, 1.807) is 12.3 Å². The summed E-state index contributed by atoms with van der Waals surface area (Å²) < 4.78 is 13.6. The van der Waals surface area contributed by atoms with Gasteiger partial charge in [-0.15, -0.1) is 0 Å². The van der Waals surface area contributed by atoms with E-state index in [4.69, 9.17) is 0 Å². The average Bonchev–Trinajstić information content (AvgIpc) is 2.38. The monoisotopic (exact) mass is 244 g/mol. The van der Waals surface area contributed by atoms with Gasteiger partial charge in [0, 0.05) is 30.1 Å². The summed E-state index contributed by atoms with van der Waals surface area (Å²) in [6, 6.07) is 7.25. The molecule has 0 radical (unpaired) electrons. The highest BCUT2D eigenvalue weighted by atomic mass is 19.1. The Balaban J connectivity index is 2.34. The van der Waals surface area contributed by atoms with E-state index in [1.165, 1.54) is 6.07 Å². The van der Waals surface area contributed by atoms with Crippen LogP contribution >= 0.6 is 0 Å². The summed E-state index contributed by atoms with van der Waals surface area (Å²) in [5.74, 6) is -0.166. The summed E-state index contributed by atoms with van der Waals surface area (Å²) in [7, 11) is 0. The molecule has 2 rings (SSSR count). The standard InChI is InChI=1S/C15H17FN2/c1-3-17-10-14-7-12(4-5-15(14)16)13-6-11(2)8-18-9-13/h4-9,17H,3,10H2,1-2H3. The molecule has 0 aliphatic carbocycles. The van der Waals surface area contributed by atoms with Crippen molar-refractivity contribution >= 4 is 0 Å². The molecule has 0 saturated heterocycles. The van der Waals surface area contributed by atoms with Crippen molar-refractivity contribution in [3.05, 3.63) is 53.6 Å². The van der Waals surface area contributed by atoms with Gasteiger partial charge in [0.25, 0.3) is 0 Å². The Labute approximate surface area is 107 Å². The van der Waals surface area contributed by atoms with E-state index in [9.17, 15) is 4.39 Å². The Hall–Kier alpha value is -1.74. The first-order chi connectivity index (χ1) is 8.70. The smallest absolute Gasteiger partial charge is 0.127 e. The van der Waals surface area contributed by atoms with Crippen LogP contribution in [0, 0.1) is 12.7 Å². The Morgan fingerprint density at radius 2 is 2.00 bits per heavy atom. The highest BCUT2D eigenvalue weighted by Crippen LogP contribution is 2.22. The second kappa shape index (κ2) is 5.74. The number of rotatable bonds is 4. The third-order valence-electron chi connectivity index (χ3n) is 2.82. The normalized spacial score (nSPS) is 10.6. The largest absolute Gasteiger partial charge is 0.313 e. The summed E-state index contributed by atoms with van der Waals surface area (Å²) in [5, 5.41) is 3.14. The first-order valence-electron chi connectivity index (χ1n) is 6.12. The zero-order chi connectivity index (χ0) is 13.0. The van der Waals surface area contributed by atoms with Crippen molar-refractivity contribution in [2.24, 2.45) is 0 Å². The van der Waals surface area contributed by atoms with Gasteiger partial charge >= 0.3 is 0 Å². The summed E-state index contributed by atoms with van der Waals surface area (Å²) >= 11 is 0. The Kier molecular flexibility index (Phi) is 4.05. The van der Waals surface area contributed by atoms with Crippen molar-refractivity contribution in [3.63, 3.8) is 0 Å². The lowest BCUT2D eigenvalue weighted by Gasteiger charge is -2.08. The minimum absolute atomic E-state index is 0.166.